The van der Waals surface area contributed by atoms with Gasteiger partial charge in [-0.15, -0.1) is 11.8 Å². The Morgan fingerprint density at radius 3 is 2.88 bits per heavy atom. The standard InChI is InChI=1S/C12H13NO3S/c1-16-6-7-3-4-9-8(5-7)11(17-2)10(13-9)12(14)15/h3-5,13H,6H2,1-2H3,(H,14,15). The van der Waals surface area contributed by atoms with Crippen LogP contribution in [0, 0.1) is 0 Å². The van der Waals surface area contributed by atoms with Gasteiger partial charge in [0, 0.05) is 22.9 Å². The second-order valence-electron chi connectivity index (χ2n) is 3.65. The minimum Gasteiger partial charge on any atom is -0.477 e. The van der Waals surface area contributed by atoms with E-state index < -0.39 is 5.97 Å². The molecule has 5 heteroatoms. The zero-order valence-electron chi connectivity index (χ0n) is 9.61. The average molecular weight is 251 g/mol. The minimum absolute atomic E-state index is 0.252. The fourth-order valence-electron chi connectivity index (χ4n) is 1.83. The lowest BCUT2D eigenvalue weighted by Crippen LogP contribution is -1.97. The maximum atomic E-state index is 11.1. The maximum Gasteiger partial charge on any atom is 0.353 e. The van der Waals surface area contributed by atoms with Crippen LogP contribution in [-0.4, -0.2) is 29.4 Å². The molecule has 2 N–H and O–H groups in total. The number of methoxy groups -OCH3 is 1. The molecule has 0 amide bonds. The van der Waals surface area contributed by atoms with E-state index in [1.165, 1.54) is 11.8 Å². The molecule has 0 atom stereocenters. The van der Waals surface area contributed by atoms with Gasteiger partial charge < -0.3 is 14.8 Å². The summed E-state index contributed by atoms with van der Waals surface area (Å²) in [5.41, 5.74) is 2.12. The predicted octanol–water partition coefficient (Wildman–Crippen LogP) is 2.73. The van der Waals surface area contributed by atoms with E-state index in [0.29, 0.717) is 6.61 Å². The van der Waals surface area contributed by atoms with E-state index in [1.807, 2.05) is 24.5 Å². The summed E-state index contributed by atoms with van der Waals surface area (Å²) < 4.78 is 5.07. The Labute approximate surface area is 103 Å². The van der Waals surface area contributed by atoms with Crippen LogP contribution in [-0.2, 0) is 11.3 Å². The third-order valence-electron chi connectivity index (χ3n) is 2.54. The van der Waals surface area contributed by atoms with Crippen molar-refractivity contribution in [3.05, 3.63) is 29.5 Å². The van der Waals surface area contributed by atoms with E-state index in [-0.39, 0.29) is 5.69 Å². The Kier molecular flexibility index (Phi) is 3.40. The zero-order chi connectivity index (χ0) is 12.4. The molecule has 0 spiro atoms. The fourth-order valence-corrected chi connectivity index (χ4v) is 2.56. The first-order valence-electron chi connectivity index (χ1n) is 5.08. The van der Waals surface area contributed by atoms with Crippen molar-refractivity contribution in [1.29, 1.82) is 0 Å². The van der Waals surface area contributed by atoms with Crippen molar-refractivity contribution in [3.63, 3.8) is 0 Å². The van der Waals surface area contributed by atoms with E-state index >= 15 is 0 Å². The van der Waals surface area contributed by atoms with Crippen LogP contribution < -0.4 is 0 Å². The SMILES string of the molecule is COCc1ccc2[nH]c(C(=O)O)c(SC)c2c1. The van der Waals surface area contributed by atoms with E-state index in [2.05, 4.69) is 4.98 Å². The van der Waals surface area contributed by atoms with Gasteiger partial charge in [0.25, 0.3) is 0 Å². The van der Waals surface area contributed by atoms with Gasteiger partial charge in [0.05, 0.1) is 6.61 Å². The first-order chi connectivity index (χ1) is 8.17. The third kappa shape index (κ3) is 2.16. The van der Waals surface area contributed by atoms with Crippen LogP contribution in [0.5, 0.6) is 0 Å². The summed E-state index contributed by atoms with van der Waals surface area (Å²) >= 11 is 1.43. The summed E-state index contributed by atoms with van der Waals surface area (Å²) in [5, 5.41) is 10.0. The quantitative estimate of drug-likeness (QED) is 0.820. The van der Waals surface area contributed by atoms with Crippen LogP contribution in [0.3, 0.4) is 0 Å². The molecule has 2 aromatic rings. The number of carbonyl (C=O) groups is 1. The summed E-state index contributed by atoms with van der Waals surface area (Å²) in [5.74, 6) is -0.932. The smallest absolute Gasteiger partial charge is 0.353 e. The lowest BCUT2D eigenvalue weighted by Gasteiger charge is -2.00. The Hall–Kier alpha value is -1.46. The highest BCUT2D eigenvalue weighted by Gasteiger charge is 2.16. The average Bonchev–Trinajstić information content (AvgIpc) is 2.67. The Bertz CT molecular complexity index is 562. The number of ether oxygens (including phenoxy) is 1. The van der Waals surface area contributed by atoms with Gasteiger partial charge in [-0.2, -0.15) is 0 Å². The highest BCUT2D eigenvalue weighted by molar-refractivity contribution is 7.99. The van der Waals surface area contributed by atoms with Crippen LogP contribution >= 0.6 is 11.8 Å². The van der Waals surface area contributed by atoms with Crippen LogP contribution in [0.4, 0.5) is 0 Å². The molecule has 0 aliphatic carbocycles. The van der Waals surface area contributed by atoms with Crippen molar-refractivity contribution in [3.8, 4) is 0 Å². The van der Waals surface area contributed by atoms with Crippen molar-refractivity contribution in [2.75, 3.05) is 13.4 Å². The number of carboxylic acid groups (broad SMARTS) is 1. The van der Waals surface area contributed by atoms with Crippen LogP contribution in [0.25, 0.3) is 10.9 Å². The summed E-state index contributed by atoms with van der Waals surface area (Å²) in [4.78, 5) is 14.8. The lowest BCUT2D eigenvalue weighted by atomic mass is 10.1. The van der Waals surface area contributed by atoms with Gasteiger partial charge >= 0.3 is 5.97 Å². The van der Waals surface area contributed by atoms with Crippen molar-refractivity contribution >= 4 is 28.6 Å². The molecule has 90 valence electrons. The molecule has 1 heterocycles. The number of aromatic amines is 1. The number of benzene rings is 1. The third-order valence-corrected chi connectivity index (χ3v) is 3.38. The molecular formula is C12H13NO3S. The van der Waals surface area contributed by atoms with Crippen LogP contribution in [0.15, 0.2) is 23.1 Å². The van der Waals surface area contributed by atoms with Gasteiger partial charge in [0.15, 0.2) is 0 Å². The normalized spacial score (nSPS) is 10.9. The number of hydrogen-bond acceptors (Lipinski definition) is 3. The Morgan fingerprint density at radius 2 is 2.29 bits per heavy atom. The lowest BCUT2D eigenvalue weighted by molar-refractivity contribution is 0.0688. The topological polar surface area (TPSA) is 62.3 Å². The summed E-state index contributed by atoms with van der Waals surface area (Å²) in [7, 11) is 1.64. The van der Waals surface area contributed by atoms with Crippen molar-refractivity contribution < 1.29 is 14.6 Å². The molecule has 0 bridgehead atoms. The van der Waals surface area contributed by atoms with E-state index in [9.17, 15) is 4.79 Å². The van der Waals surface area contributed by atoms with Gasteiger partial charge in [0.2, 0.25) is 0 Å². The Balaban J connectivity index is 2.62. The van der Waals surface area contributed by atoms with Gasteiger partial charge in [0.1, 0.15) is 5.69 Å². The van der Waals surface area contributed by atoms with E-state index in [0.717, 1.165) is 21.4 Å². The number of hydrogen-bond donors (Lipinski definition) is 2. The monoisotopic (exact) mass is 251 g/mol. The summed E-state index contributed by atoms with van der Waals surface area (Å²) in [6.45, 7) is 0.525. The number of aromatic carboxylic acids is 1. The molecule has 0 aliphatic heterocycles. The minimum atomic E-state index is -0.932. The first-order valence-corrected chi connectivity index (χ1v) is 6.30. The second-order valence-corrected chi connectivity index (χ2v) is 4.47. The largest absolute Gasteiger partial charge is 0.477 e. The Morgan fingerprint density at radius 1 is 1.53 bits per heavy atom. The second kappa shape index (κ2) is 4.81. The number of carboxylic acids is 1. The van der Waals surface area contributed by atoms with Gasteiger partial charge in [-0.25, -0.2) is 4.79 Å². The molecule has 0 unspecified atom stereocenters. The molecule has 0 saturated carbocycles. The number of fused-ring (bicyclic) bond motifs is 1. The van der Waals surface area contributed by atoms with Gasteiger partial charge in [-0.3, -0.25) is 0 Å². The highest BCUT2D eigenvalue weighted by atomic mass is 32.2. The number of nitrogens with one attached hydrogen (secondary N) is 1. The maximum absolute atomic E-state index is 11.1. The summed E-state index contributed by atoms with van der Waals surface area (Å²) in [6.07, 6.45) is 1.87. The van der Waals surface area contributed by atoms with Crippen molar-refractivity contribution in [2.24, 2.45) is 0 Å². The molecule has 1 aromatic heterocycles. The molecule has 2 rings (SSSR count). The number of aromatic nitrogens is 1. The number of rotatable bonds is 4. The van der Waals surface area contributed by atoms with Crippen LogP contribution in [0.1, 0.15) is 16.1 Å². The zero-order valence-corrected chi connectivity index (χ0v) is 10.4. The highest BCUT2D eigenvalue weighted by Crippen LogP contribution is 2.31. The fraction of sp³-hybridized carbons (Fsp3) is 0.250. The molecule has 1 aromatic carbocycles. The molecule has 0 aliphatic rings. The molecule has 0 saturated heterocycles. The number of H-pyrrole nitrogens is 1. The number of thioether (sulfide) groups is 1. The molecule has 0 radical (unpaired) electrons. The first kappa shape index (κ1) is 12.0. The molecule has 4 nitrogen and oxygen atoms in total. The van der Waals surface area contributed by atoms with Crippen molar-refractivity contribution in [2.45, 2.75) is 11.5 Å². The predicted molar refractivity (Wildman–Crippen MR) is 67.8 cm³/mol. The molecular weight excluding hydrogens is 238 g/mol. The van der Waals surface area contributed by atoms with Crippen LogP contribution in [0.2, 0.25) is 0 Å². The summed E-state index contributed by atoms with van der Waals surface area (Å²) in [6, 6.07) is 5.78. The van der Waals surface area contributed by atoms with Gasteiger partial charge in [-0.05, 0) is 24.0 Å². The van der Waals surface area contributed by atoms with E-state index in [4.69, 9.17) is 9.84 Å². The van der Waals surface area contributed by atoms with Gasteiger partial charge in [-0.1, -0.05) is 6.07 Å². The van der Waals surface area contributed by atoms with E-state index in [1.54, 1.807) is 7.11 Å². The molecule has 17 heavy (non-hydrogen) atoms. The van der Waals surface area contributed by atoms with Crippen molar-refractivity contribution in [1.82, 2.24) is 4.98 Å². The molecule has 0 fully saturated rings.